The van der Waals surface area contributed by atoms with Crippen molar-refractivity contribution in [2.75, 3.05) is 0 Å². The number of allylic oxidation sites excluding steroid dienone is 2. The molecular formula is C18H22N4. The molecule has 0 unspecified atom stereocenters. The highest BCUT2D eigenvalue weighted by Crippen LogP contribution is 2.41. The van der Waals surface area contributed by atoms with Gasteiger partial charge in [0, 0.05) is 42.2 Å². The molecule has 0 atom stereocenters. The second-order valence-corrected chi connectivity index (χ2v) is 5.67. The summed E-state index contributed by atoms with van der Waals surface area (Å²) in [6, 6.07) is 0. The summed E-state index contributed by atoms with van der Waals surface area (Å²) in [5.41, 5.74) is 8.01. The monoisotopic (exact) mass is 294 g/mol. The molecule has 0 saturated heterocycles. The molecule has 4 heteroatoms. The van der Waals surface area contributed by atoms with Gasteiger partial charge < -0.3 is 4.98 Å². The Hall–Kier alpha value is -2.36. The Morgan fingerprint density at radius 3 is 2.82 bits per heavy atom. The Bertz CT molecular complexity index is 800. The van der Waals surface area contributed by atoms with Crippen molar-refractivity contribution < 1.29 is 0 Å². The lowest BCUT2D eigenvalue weighted by atomic mass is 9.96. The van der Waals surface area contributed by atoms with E-state index in [1.54, 1.807) is 0 Å². The molecule has 1 aliphatic rings. The van der Waals surface area contributed by atoms with Gasteiger partial charge in [0.1, 0.15) is 5.69 Å². The van der Waals surface area contributed by atoms with Crippen LogP contribution in [-0.2, 0) is 7.05 Å². The first-order valence-corrected chi connectivity index (χ1v) is 7.69. The van der Waals surface area contributed by atoms with Crippen LogP contribution < -0.4 is 0 Å². The summed E-state index contributed by atoms with van der Waals surface area (Å²) >= 11 is 0. The Labute approximate surface area is 131 Å². The molecule has 2 aromatic heterocycles. The van der Waals surface area contributed by atoms with Crippen LogP contribution in [0.3, 0.4) is 0 Å². The van der Waals surface area contributed by atoms with Crippen molar-refractivity contribution in [3.8, 4) is 11.3 Å². The molecule has 114 valence electrons. The standard InChI is InChI=1S/C18H22N4/c1-6-13-9-8-10-19-18-16(13)17(21-22(18)5)15-11(3)12(4)20-14(15)7-2/h7,9-10,20H,2,6,8H2,1,3-5H3. The Balaban J connectivity index is 2.35. The average molecular weight is 294 g/mol. The first kappa shape index (κ1) is 14.6. The number of rotatable bonds is 3. The number of nitrogens with one attached hydrogen (secondary N) is 1. The maximum absolute atomic E-state index is 4.78. The van der Waals surface area contributed by atoms with Crippen molar-refractivity contribution in [1.29, 1.82) is 0 Å². The molecule has 0 fully saturated rings. The van der Waals surface area contributed by atoms with Crippen molar-refractivity contribution in [2.24, 2.45) is 12.0 Å². The fourth-order valence-electron chi connectivity index (χ4n) is 3.10. The van der Waals surface area contributed by atoms with Gasteiger partial charge in [-0.1, -0.05) is 19.6 Å². The van der Waals surface area contributed by atoms with Gasteiger partial charge in [0.2, 0.25) is 0 Å². The number of H-pyrrole nitrogens is 1. The zero-order valence-electron chi connectivity index (χ0n) is 13.7. The van der Waals surface area contributed by atoms with E-state index in [9.17, 15) is 0 Å². The molecule has 2 aromatic rings. The number of aryl methyl sites for hydroxylation is 2. The third-order valence-corrected chi connectivity index (χ3v) is 4.37. The lowest BCUT2D eigenvalue weighted by molar-refractivity contribution is 0.773. The minimum Gasteiger partial charge on any atom is -0.358 e. The number of aromatic nitrogens is 3. The smallest absolute Gasteiger partial charge is 0.158 e. The SMILES string of the molecule is C=Cc1[nH]c(C)c(C)c1-c1nn(C)c2c1C(CC)=CCC=N2. The van der Waals surface area contributed by atoms with Crippen LogP contribution >= 0.6 is 0 Å². The van der Waals surface area contributed by atoms with Crippen LogP contribution in [0, 0.1) is 13.8 Å². The largest absolute Gasteiger partial charge is 0.358 e. The number of nitrogens with zero attached hydrogens (tertiary/aromatic N) is 3. The molecule has 0 saturated carbocycles. The van der Waals surface area contributed by atoms with Crippen molar-refractivity contribution in [2.45, 2.75) is 33.6 Å². The van der Waals surface area contributed by atoms with E-state index in [1.165, 1.54) is 11.1 Å². The van der Waals surface area contributed by atoms with Crippen molar-refractivity contribution >= 4 is 23.7 Å². The topological polar surface area (TPSA) is 46.0 Å². The van der Waals surface area contributed by atoms with Gasteiger partial charge in [-0.15, -0.1) is 0 Å². The van der Waals surface area contributed by atoms with E-state index in [-0.39, 0.29) is 0 Å². The van der Waals surface area contributed by atoms with Crippen LogP contribution in [0.5, 0.6) is 0 Å². The average Bonchev–Trinajstić information content (AvgIpc) is 2.87. The summed E-state index contributed by atoms with van der Waals surface area (Å²) < 4.78 is 1.88. The second kappa shape index (κ2) is 5.44. The van der Waals surface area contributed by atoms with Crippen LogP contribution in [0.15, 0.2) is 17.6 Å². The molecule has 22 heavy (non-hydrogen) atoms. The van der Waals surface area contributed by atoms with E-state index >= 15 is 0 Å². The molecule has 0 aromatic carbocycles. The normalized spacial score (nSPS) is 13.7. The summed E-state index contributed by atoms with van der Waals surface area (Å²) in [7, 11) is 1.96. The van der Waals surface area contributed by atoms with E-state index in [1.807, 2.05) is 24.0 Å². The predicted octanol–water partition coefficient (Wildman–Crippen LogP) is 4.57. The molecule has 0 spiro atoms. The summed E-state index contributed by atoms with van der Waals surface area (Å²) in [5.74, 6) is 0.939. The van der Waals surface area contributed by atoms with Gasteiger partial charge in [-0.3, -0.25) is 0 Å². The third kappa shape index (κ3) is 2.06. The number of fused-ring (bicyclic) bond motifs is 1. The summed E-state index contributed by atoms with van der Waals surface area (Å²) in [6.07, 6.45) is 7.92. The van der Waals surface area contributed by atoms with E-state index < -0.39 is 0 Å². The van der Waals surface area contributed by atoms with Gasteiger partial charge in [0.05, 0.1) is 0 Å². The lowest BCUT2D eigenvalue weighted by Crippen LogP contribution is -1.91. The highest BCUT2D eigenvalue weighted by molar-refractivity contribution is 5.91. The maximum Gasteiger partial charge on any atom is 0.158 e. The second-order valence-electron chi connectivity index (χ2n) is 5.67. The number of aromatic amines is 1. The van der Waals surface area contributed by atoms with Gasteiger partial charge in [0.25, 0.3) is 0 Å². The van der Waals surface area contributed by atoms with E-state index in [0.29, 0.717) is 0 Å². The number of hydrogen-bond donors (Lipinski definition) is 1. The first-order valence-electron chi connectivity index (χ1n) is 7.69. The van der Waals surface area contributed by atoms with Crippen molar-refractivity contribution in [3.63, 3.8) is 0 Å². The minimum atomic E-state index is 0.872. The van der Waals surface area contributed by atoms with Crippen LogP contribution in [0.4, 0.5) is 5.82 Å². The number of aliphatic imine (C=N–C) groups is 1. The quantitative estimate of drug-likeness (QED) is 0.885. The molecular weight excluding hydrogens is 272 g/mol. The molecule has 4 nitrogen and oxygen atoms in total. The van der Waals surface area contributed by atoms with Crippen LogP contribution in [0.25, 0.3) is 22.9 Å². The highest BCUT2D eigenvalue weighted by Gasteiger charge is 2.24. The van der Waals surface area contributed by atoms with Crippen LogP contribution in [-0.4, -0.2) is 21.0 Å². The molecule has 3 rings (SSSR count). The summed E-state index contributed by atoms with van der Waals surface area (Å²) in [6.45, 7) is 10.3. The van der Waals surface area contributed by atoms with Crippen LogP contribution in [0.1, 0.15) is 42.3 Å². The third-order valence-electron chi connectivity index (χ3n) is 4.37. The zero-order valence-corrected chi connectivity index (χ0v) is 13.7. The molecule has 1 N–H and O–H groups in total. The van der Waals surface area contributed by atoms with Gasteiger partial charge in [-0.25, -0.2) is 9.67 Å². The fraction of sp³-hybridized carbons (Fsp3) is 0.333. The Morgan fingerprint density at radius 1 is 1.36 bits per heavy atom. The van der Waals surface area contributed by atoms with E-state index in [0.717, 1.165) is 46.9 Å². The molecule has 0 aliphatic carbocycles. The fourth-order valence-corrected chi connectivity index (χ4v) is 3.10. The zero-order chi connectivity index (χ0) is 15.9. The molecule has 0 radical (unpaired) electrons. The predicted molar refractivity (Wildman–Crippen MR) is 93.6 cm³/mol. The Morgan fingerprint density at radius 2 is 2.14 bits per heavy atom. The van der Waals surface area contributed by atoms with Gasteiger partial charge >= 0.3 is 0 Å². The van der Waals surface area contributed by atoms with E-state index in [2.05, 4.69) is 43.4 Å². The maximum atomic E-state index is 4.78. The number of hydrogen-bond acceptors (Lipinski definition) is 2. The minimum absolute atomic E-state index is 0.872. The molecule has 1 aliphatic heterocycles. The lowest BCUT2D eigenvalue weighted by Gasteiger charge is -2.07. The van der Waals surface area contributed by atoms with Crippen molar-refractivity contribution in [1.82, 2.24) is 14.8 Å². The Kier molecular flexibility index (Phi) is 3.61. The molecule has 0 amide bonds. The molecule has 0 bridgehead atoms. The molecule has 3 heterocycles. The first-order chi connectivity index (χ1) is 10.6. The highest BCUT2D eigenvalue weighted by atomic mass is 15.3. The van der Waals surface area contributed by atoms with Gasteiger partial charge in [-0.05, 0) is 37.5 Å². The van der Waals surface area contributed by atoms with Gasteiger partial charge in [-0.2, -0.15) is 5.10 Å². The van der Waals surface area contributed by atoms with Crippen molar-refractivity contribution in [3.05, 3.63) is 35.2 Å². The van der Waals surface area contributed by atoms with E-state index in [4.69, 9.17) is 5.10 Å². The summed E-state index contributed by atoms with van der Waals surface area (Å²) in [5, 5.41) is 4.78. The van der Waals surface area contributed by atoms with Crippen LogP contribution in [0.2, 0.25) is 0 Å². The summed E-state index contributed by atoms with van der Waals surface area (Å²) in [4.78, 5) is 8.01. The van der Waals surface area contributed by atoms with Gasteiger partial charge in [0.15, 0.2) is 5.82 Å².